The van der Waals surface area contributed by atoms with Gasteiger partial charge < -0.3 is 10.1 Å². The lowest BCUT2D eigenvalue weighted by Crippen LogP contribution is -2.29. The Morgan fingerprint density at radius 1 is 1.35 bits per heavy atom. The molecule has 106 valence electrons. The number of carbonyl (C=O) groups excluding carboxylic acids is 1. The van der Waals surface area contributed by atoms with E-state index in [-0.39, 0.29) is 18.2 Å². The van der Waals surface area contributed by atoms with Gasteiger partial charge in [-0.05, 0) is 40.6 Å². The molecule has 1 atom stereocenters. The van der Waals surface area contributed by atoms with Crippen LogP contribution in [-0.4, -0.2) is 19.6 Å². The van der Waals surface area contributed by atoms with E-state index < -0.39 is 17.5 Å². The van der Waals surface area contributed by atoms with E-state index in [4.69, 9.17) is 4.74 Å². The van der Waals surface area contributed by atoms with E-state index in [2.05, 4.69) is 5.32 Å². The van der Waals surface area contributed by atoms with Crippen molar-refractivity contribution >= 4 is 17.2 Å². The Bertz CT molecular complexity index is 587. The largest absolute Gasteiger partial charge is 0.375 e. The van der Waals surface area contributed by atoms with Gasteiger partial charge >= 0.3 is 0 Å². The molecule has 1 aromatic heterocycles. The lowest BCUT2D eigenvalue weighted by atomic mass is 10.1. The maximum atomic E-state index is 13.0. The van der Waals surface area contributed by atoms with Gasteiger partial charge in [0.1, 0.15) is 6.10 Å². The Hall–Kier alpha value is -1.79. The zero-order valence-corrected chi connectivity index (χ0v) is 11.5. The van der Waals surface area contributed by atoms with Gasteiger partial charge in [-0.3, -0.25) is 4.79 Å². The summed E-state index contributed by atoms with van der Waals surface area (Å²) in [6.07, 6.45) is -0.268. The molecule has 0 saturated heterocycles. The van der Waals surface area contributed by atoms with E-state index in [9.17, 15) is 13.6 Å². The second kappa shape index (κ2) is 6.58. The van der Waals surface area contributed by atoms with Crippen LogP contribution in [0.5, 0.6) is 0 Å². The maximum absolute atomic E-state index is 13.0. The van der Waals surface area contributed by atoms with Crippen molar-refractivity contribution in [2.75, 3.05) is 13.7 Å². The van der Waals surface area contributed by atoms with Crippen molar-refractivity contribution in [3.63, 3.8) is 0 Å². The van der Waals surface area contributed by atoms with E-state index in [0.29, 0.717) is 0 Å². The molecule has 0 spiro atoms. The number of benzene rings is 1. The Kier molecular flexibility index (Phi) is 4.81. The molecule has 6 heteroatoms. The zero-order valence-electron chi connectivity index (χ0n) is 10.7. The summed E-state index contributed by atoms with van der Waals surface area (Å²) < 4.78 is 31.1. The standard InChI is InChI=1S/C14H13F2NO2S/c1-19-13(10-4-5-20-8-10)7-17-14(18)9-2-3-11(15)12(16)6-9/h2-6,8,13H,7H2,1H3,(H,17,18). The first-order chi connectivity index (χ1) is 9.61. The van der Waals surface area contributed by atoms with Gasteiger partial charge in [0.15, 0.2) is 11.6 Å². The number of methoxy groups -OCH3 is 1. The van der Waals surface area contributed by atoms with Crippen LogP contribution >= 0.6 is 11.3 Å². The van der Waals surface area contributed by atoms with Gasteiger partial charge in [0.25, 0.3) is 5.91 Å². The minimum absolute atomic E-state index is 0.0732. The van der Waals surface area contributed by atoms with E-state index in [1.54, 1.807) is 7.11 Å². The van der Waals surface area contributed by atoms with Gasteiger partial charge in [-0.1, -0.05) is 0 Å². The third kappa shape index (κ3) is 3.40. The number of halogens is 2. The maximum Gasteiger partial charge on any atom is 0.251 e. The highest BCUT2D eigenvalue weighted by atomic mass is 32.1. The molecule has 0 aliphatic carbocycles. The molecule has 3 nitrogen and oxygen atoms in total. The lowest BCUT2D eigenvalue weighted by Gasteiger charge is -2.15. The summed E-state index contributed by atoms with van der Waals surface area (Å²) in [6, 6.07) is 4.94. The highest BCUT2D eigenvalue weighted by Crippen LogP contribution is 2.18. The summed E-state index contributed by atoms with van der Waals surface area (Å²) in [5, 5.41) is 6.48. The van der Waals surface area contributed by atoms with Crippen molar-refractivity contribution in [2.24, 2.45) is 0 Å². The number of nitrogens with one attached hydrogen (secondary N) is 1. The molecule has 1 unspecified atom stereocenters. The first-order valence-corrected chi connectivity index (χ1v) is 6.84. The van der Waals surface area contributed by atoms with Crippen molar-refractivity contribution in [3.05, 3.63) is 57.8 Å². The van der Waals surface area contributed by atoms with Crippen molar-refractivity contribution in [1.82, 2.24) is 5.32 Å². The molecule has 2 rings (SSSR count). The van der Waals surface area contributed by atoms with Crippen LogP contribution in [0.2, 0.25) is 0 Å². The van der Waals surface area contributed by atoms with E-state index in [0.717, 1.165) is 17.7 Å². The topological polar surface area (TPSA) is 38.3 Å². The van der Waals surface area contributed by atoms with Gasteiger partial charge in [-0.2, -0.15) is 11.3 Å². The van der Waals surface area contributed by atoms with Crippen LogP contribution in [0.3, 0.4) is 0 Å². The summed E-state index contributed by atoms with van der Waals surface area (Å²) in [5.41, 5.74) is 1.03. The van der Waals surface area contributed by atoms with E-state index >= 15 is 0 Å². The third-order valence-corrected chi connectivity index (χ3v) is 3.53. The summed E-state index contributed by atoms with van der Waals surface area (Å²) in [7, 11) is 1.55. The fourth-order valence-corrected chi connectivity index (χ4v) is 2.42. The Balaban J connectivity index is 1.99. The zero-order chi connectivity index (χ0) is 14.5. The predicted octanol–water partition coefficient (Wildman–Crippen LogP) is 3.14. The van der Waals surface area contributed by atoms with Crippen LogP contribution in [0.25, 0.3) is 0 Å². The van der Waals surface area contributed by atoms with Crippen LogP contribution in [-0.2, 0) is 4.74 Å². The van der Waals surface area contributed by atoms with Gasteiger partial charge in [0.2, 0.25) is 0 Å². The second-order valence-corrected chi connectivity index (χ2v) is 4.90. The Morgan fingerprint density at radius 3 is 2.75 bits per heavy atom. The quantitative estimate of drug-likeness (QED) is 0.920. The molecule has 0 saturated carbocycles. The summed E-state index contributed by atoms with van der Waals surface area (Å²) in [5.74, 6) is -2.49. The fourth-order valence-electron chi connectivity index (χ4n) is 1.72. The Labute approximate surface area is 119 Å². The van der Waals surface area contributed by atoms with Crippen LogP contribution in [0.4, 0.5) is 8.78 Å². The molecule has 1 aromatic carbocycles. The molecule has 0 bridgehead atoms. The SMILES string of the molecule is COC(CNC(=O)c1ccc(F)c(F)c1)c1ccsc1. The molecule has 0 aliphatic rings. The average molecular weight is 297 g/mol. The first kappa shape index (κ1) is 14.6. The fraction of sp³-hybridized carbons (Fsp3) is 0.214. The number of amides is 1. The second-order valence-electron chi connectivity index (χ2n) is 4.12. The summed E-state index contributed by atoms with van der Waals surface area (Å²) in [6.45, 7) is 0.255. The lowest BCUT2D eigenvalue weighted by molar-refractivity contribution is 0.0829. The van der Waals surface area contributed by atoms with Gasteiger partial charge in [0, 0.05) is 19.2 Å². The Morgan fingerprint density at radius 2 is 2.15 bits per heavy atom. The molecular formula is C14H13F2NO2S. The molecule has 0 radical (unpaired) electrons. The number of carbonyl (C=O) groups is 1. The normalized spacial score (nSPS) is 12.2. The van der Waals surface area contributed by atoms with Crippen molar-refractivity contribution in [1.29, 1.82) is 0 Å². The van der Waals surface area contributed by atoms with Gasteiger partial charge in [0.05, 0.1) is 0 Å². The minimum atomic E-state index is -1.04. The van der Waals surface area contributed by atoms with Gasteiger partial charge in [-0.15, -0.1) is 0 Å². The molecule has 0 fully saturated rings. The third-order valence-electron chi connectivity index (χ3n) is 2.83. The molecular weight excluding hydrogens is 284 g/mol. The van der Waals surface area contributed by atoms with E-state index in [1.807, 2.05) is 16.8 Å². The average Bonchev–Trinajstić information content (AvgIpc) is 2.96. The minimum Gasteiger partial charge on any atom is -0.375 e. The predicted molar refractivity (Wildman–Crippen MR) is 72.8 cm³/mol. The molecule has 1 heterocycles. The van der Waals surface area contributed by atoms with Crippen LogP contribution in [0.1, 0.15) is 22.0 Å². The number of hydrogen-bond donors (Lipinski definition) is 1. The van der Waals surface area contributed by atoms with Crippen LogP contribution in [0.15, 0.2) is 35.0 Å². The summed E-state index contributed by atoms with van der Waals surface area (Å²) in [4.78, 5) is 11.8. The van der Waals surface area contributed by atoms with E-state index in [1.165, 1.54) is 17.4 Å². The van der Waals surface area contributed by atoms with Crippen LogP contribution in [0, 0.1) is 11.6 Å². The highest BCUT2D eigenvalue weighted by molar-refractivity contribution is 7.07. The number of thiophene rings is 1. The first-order valence-electron chi connectivity index (χ1n) is 5.90. The van der Waals surface area contributed by atoms with Crippen molar-refractivity contribution < 1.29 is 18.3 Å². The molecule has 20 heavy (non-hydrogen) atoms. The number of ether oxygens (including phenoxy) is 1. The molecule has 1 amide bonds. The number of hydrogen-bond acceptors (Lipinski definition) is 3. The molecule has 2 aromatic rings. The van der Waals surface area contributed by atoms with Crippen LogP contribution < -0.4 is 5.32 Å². The monoisotopic (exact) mass is 297 g/mol. The smallest absolute Gasteiger partial charge is 0.251 e. The highest BCUT2D eigenvalue weighted by Gasteiger charge is 2.14. The summed E-state index contributed by atoms with van der Waals surface area (Å²) >= 11 is 1.53. The van der Waals surface area contributed by atoms with Gasteiger partial charge in [-0.25, -0.2) is 8.78 Å². The molecule has 0 aliphatic heterocycles. The number of rotatable bonds is 5. The molecule has 1 N–H and O–H groups in total. The van der Waals surface area contributed by atoms with Crippen molar-refractivity contribution in [3.8, 4) is 0 Å². The van der Waals surface area contributed by atoms with Crippen molar-refractivity contribution in [2.45, 2.75) is 6.10 Å².